The Morgan fingerprint density at radius 1 is 0.977 bits per heavy atom. The molecule has 0 spiro atoms. The molecule has 5 rings (SSSR count). The molecular weight excluding hydrogens is 588 g/mol. The van der Waals surface area contributed by atoms with Crippen molar-refractivity contribution in [3.05, 3.63) is 82.4 Å². The number of aromatic nitrogens is 1. The number of ether oxygens (including phenoxy) is 1. The second-order valence-corrected chi connectivity index (χ2v) is 10.9. The predicted octanol–water partition coefficient (Wildman–Crippen LogP) is 6.47. The van der Waals surface area contributed by atoms with Gasteiger partial charge >= 0.3 is 6.18 Å². The number of hydrogen-bond acceptors (Lipinski definition) is 7. The van der Waals surface area contributed by atoms with Gasteiger partial charge in [-0.2, -0.15) is 13.2 Å². The highest BCUT2D eigenvalue weighted by Crippen LogP contribution is 2.38. The Balaban J connectivity index is 1.10. The Labute approximate surface area is 251 Å². The van der Waals surface area contributed by atoms with E-state index in [9.17, 15) is 27.7 Å². The van der Waals surface area contributed by atoms with Crippen molar-refractivity contribution >= 4 is 40.1 Å². The van der Waals surface area contributed by atoms with Gasteiger partial charge in [-0.25, -0.2) is 4.39 Å². The van der Waals surface area contributed by atoms with Crippen LogP contribution in [0.2, 0.25) is 0 Å². The highest BCUT2D eigenvalue weighted by Gasteiger charge is 2.38. The maximum Gasteiger partial charge on any atom is 0.423 e. The molecule has 0 radical (unpaired) electrons. The summed E-state index contributed by atoms with van der Waals surface area (Å²) >= 11 is 5.53. The van der Waals surface area contributed by atoms with Gasteiger partial charge in [-0.3, -0.25) is 15.1 Å². The van der Waals surface area contributed by atoms with Crippen LogP contribution in [-0.4, -0.2) is 58.2 Å². The molecule has 14 heteroatoms. The molecule has 0 bridgehead atoms. The van der Waals surface area contributed by atoms with Gasteiger partial charge in [-0.15, -0.1) is 0 Å². The normalized spacial score (nSPS) is 19.1. The van der Waals surface area contributed by atoms with E-state index in [0.29, 0.717) is 49.6 Å². The third-order valence-corrected chi connectivity index (χ3v) is 7.93. The first kappa shape index (κ1) is 30.3. The number of piperazine rings is 1. The molecule has 0 unspecified atom stereocenters. The molecule has 2 N–H and O–H groups in total. The van der Waals surface area contributed by atoms with Crippen molar-refractivity contribution in [2.45, 2.75) is 44.0 Å². The van der Waals surface area contributed by atoms with E-state index in [1.807, 2.05) is 6.07 Å². The Morgan fingerprint density at radius 3 is 2.30 bits per heavy atom. The zero-order valence-corrected chi connectivity index (χ0v) is 23.8. The molecule has 1 aliphatic carbocycles. The van der Waals surface area contributed by atoms with Gasteiger partial charge in [0, 0.05) is 55.7 Å². The summed E-state index contributed by atoms with van der Waals surface area (Å²) in [7, 11) is 0. The summed E-state index contributed by atoms with van der Waals surface area (Å²) in [5, 5.41) is 17.8. The average Bonchev–Trinajstić information content (AvgIpc) is 2.99. The van der Waals surface area contributed by atoms with Crippen molar-refractivity contribution in [2.24, 2.45) is 0 Å². The largest absolute Gasteiger partial charge is 0.489 e. The van der Waals surface area contributed by atoms with Crippen LogP contribution in [0.15, 0.2) is 60.9 Å². The van der Waals surface area contributed by atoms with E-state index in [1.165, 1.54) is 18.2 Å². The van der Waals surface area contributed by atoms with Crippen LogP contribution in [0.4, 0.5) is 40.3 Å². The zero-order chi connectivity index (χ0) is 30.6. The van der Waals surface area contributed by atoms with Crippen LogP contribution in [-0.2, 0) is 6.18 Å². The predicted molar refractivity (Wildman–Crippen MR) is 159 cm³/mol. The van der Waals surface area contributed by atoms with Gasteiger partial charge < -0.3 is 25.2 Å². The van der Waals surface area contributed by atoms with Gasteiger partial charge in [0.15, 0.2) is 5.11 Å². The molecule has 1 aliphatic heterocycles. The average molecular weight is 619 g/mol. The monoisotopic (exact) mass is 618 g/mol. The maximum absolute atomic E-state index is 13.3. The number of alkyl halides is 3. The highest BCUT2D eigenvalue weighted by atomic mass is 32.1. The number of hydrogen-bond donors (Lipinski definition) is 2. The van der Waals surface area contributed by atoms with Gasteiger partial charge in [-0.05, 0) is 74.3 Å². The Bertz CT molecular complexity index is 1440. The summed E-state index contributed by atoms with van der Waals surface area (Å²) in [6, 6.07) is 10.9. The van der Waals surface area contributed by atoms with Crippen molar-refractivity contribution in [1.82, 2.24) is 9.88 Å². The number of thiocarbonyl (C=S) groups is 1. The highest BCUT2D eigenvalue weighted by molar-refractivity contribution is 7.80. The van der Waals surface area contributed by atoms with E-state index in [0.717, 1.165) is 36.6 Å². The molecule has 2 aromatic carbocycles. The minimum Gasteiger partial charge on any atom is -0.489 e. The Morgan fingerprint density at radius 2 is 1.65 bits per heavy atom. The molecule has 1 saturated heterocycles. The second-order valence-electron chi connectivity index (χ2n) is 10.5. The summed E-state index contributed by atoms with van der Waals surface area (Å²) in [6.07, 6.45) is 1.30. The van der Waals surface area contributed by atoms with Crippen molar-refractivity contribution < 1.29 is 27.2 Å². The lowest BCUT2D eigenvalue weighted by Gasteiger charge is -2.37. The molecule has 43 heavy (non-hydrogen) atoms. The smallest absolute Gasteiger partial charge is 0.423 e. The van der Waals surface area contributed by atoms with E-state index < -0.39 is 22.4 Å². The SMILES string of the molecule is O=[N+]([O-])c1ccc(N[C@H]2CC[C@H](Oc3cncc(N4CCN(C(=S)Nc5ccc(F)cc5)CC4)c3)CC2)cc1C(F)(F)F. The van der Waals surface area contributed by atoms with Crippen LogP contribution >= 0.6 is 12.2 Å². The molecule has 0 amide bonds. The van der Waals surface area contributed by atoms with E-state index in [2.05, 4.69) is 25.4 Å². The van der Waals surface area contributed by atoms with Crippen LogP contribution in [0, 0.1) is 15.9 Å². The van der Waals surface area contributed by atoms with E-state index >= 15 is 0 Å². The molecule has 2 fully saturated rings. The summed E-state index contributed by atoms with van der Waals surface area (Å²) in [5.74, 6) is 0.343. The van der Waals surface area contributed by atoms with Gasteiger partial charge in [0.2, 0.25) is 0 Å². The zero-order valence-electron chi connectivity index (χ0n) is 23.0. The van der Waals surface area contributed by atoms with E-state index in [1.54, 1.807) is 24.5 Å². The number of nitrogens with zero attached hydrogens (tertiary/aromatic N) is 4. The molecule has 0 atom stereocenters. The summed E-state index contributed by atoms with van der Waals surface area (Å²) in [4.78, 5) is 18.6. The fourth-order valence-corrected chi connectivity index (χ4v) is 5.61. The third-order valence-electron chi connectivity index (χ3n) is 7.57. The number of rotatable bonds is 7. The molecular formula is C29H30F4N6O3S. The standard InChI is InChI=1S/C29H30F4N6O3S/c30-19-1-3-21(4-2-19)36-28(43)38-13-11-37(12-14-38)23-16-25(18-34-17-23)42-24-8-5-20(6-9-24)35-22-7-10-27(39(40)41)26(15-22)29(31,32)33/h1-4,7,10,15-18,20,24,35H,5-6,8-9,11-14H2,(H,36,43)/t20-,24-. The van der Waals surface area contributed by atoms with Crippen LogP contribution < -0.4 is 20.3 Å². The Kier molecular flexibility index (Phi) is 9.14. The molecule has 2 aliphatic rings. The third kappa shape index (κ3) is 7.80. The number of nitrogens with one attached hydrogen (secondary N) is 2. The molecule has 1 aromatic heterocycles. The molecule has 3 aromatic rings. The number of nitro groups is 1. The van der Waals surface area contributed by atoms with Crippen molar-refractivity contribution in [2.75, 3.05) is 41.7 Å². The van der Waals surface area contributed by atoms with Crippen LogP contribution in [0.3, 0.4) is 0 Å². The van der Waals surface area contributed by atoms with E-state index in [-0.39, 0.29) is 23.7 Å². The van der Waals surface area contributed by atoms with Crippen molar-refractivity contribution in [1.29, 1.82) is 0 Å². The topological polar surface area (TPSA) is 95.8 Å². The first-order valence-electron chi connectivity index (χ1n) is 13.9. The first-order valence-corrected chi connectivity index (χ1v) is 14.3. The lowest BCUT2D eigenvalue weighted by Crippen LogP contribution is -2.50. The number of halogens is 4. The lowest BCUT2D eigenvalue weighted by molar-refractivity contribution is -0.388. The van der Waals surface area contributed by atoms with Crippen LogP contribution in [0.25, 0.3) is 0 Å². The van der Waals surface area contributed by atoms with Gasteiger partial charge in [0.05, 0.1) is 29.1 Å². The van der Waals surface area contributed by atoms with E-state index in [4.69, 9.17) is 17.0 Å². The molecule has 9 nitrogen and oxygen atoms in total. The summed E-state index contributed by atoms with van der Waals surface area (Å²) < 4.78 is 59.4. The fourth-order valence-electron chi connectivity index (χ4n) is 5.31. The van der Waals surface area contributed by atoms with Crippen LogP contribution in [0.1, 0.15) is 31.2 Å². The quantitative estimate of drug-likeness (QED) is 0.134. The summed E-state index contributed by atoms with van der Waals surface area (Å²) in [5.41, 5.74) is -0.364. The first-order chi connectivity index (χ1) is 20.5. The minimum atomic E-state index is -4.82. The maximum atomic E-state index is 13.3. The van der Waals surface area contributed by atoms with Crippen LogP contribution in [0.5, 0.6) is 5.75 Å². The molecule has 2 heterocycles. The van der Waals surface area contributed by atoms with Gasteiger partial charge in [-0.1, -0.05) is 0 Å². The fraction of sp³-hybridized carbons (Fsp3) is 0.379. The number of nitro benzene ring substituents is 1. The molecule has 1 saturated carbocycles. The molecule has 228 valence electrons. The number of anilines is 3. The second kappa shape index (κ2) is 13.0. The number of pyridine rings is 1. The van der Waals surface area contributed by atoms with Crippen molar-refractivity contribution in [3.63, 3.8) is 0 Å². The van der Waals surface area contributed by atoms with Gasteiger partial charge in [0.25, 0.3) is 5.69 Å². The minimum absolute atomic E-state index is 0.0653. The lowest BCUT2D eigenvalue weighted by atomic mass is 9.92. The Hall–Kier alpha value is -4.20. The number of benzene rings is 2. The summed E-state index contributed by atoms with van der Waals surface area (Å²) in [6.45, 7) is 2.86. The van der Waals surface area contributed by atoms with Gasteiger partial charge in [0.1, 0.15) is 17.1 Å². The van der Waals surface area contributed by atoms with Crippen molar-refractivity contribution in [3.8, 4) is 5.75 Å².